The fourth-order valence-electron chi connectivity index (χ4n) is 5.26. The number of hydrogen-bond donors (Lipinski definition) is 0. The van der Waals surface area contributed by atoms with E-state index in [-0.39, 0.29) is 29.2 Å². The van der Waals surface area contributed by atoms with Crippen LogP contribution in [0.15, 0.2) is 42.7 Å². The molecule has 2 aliphatic rings. The lowest BCUT2D eigenvalue weighted by Gasteiger charge is -2.38. The Morgan fingerprint density at radius 2 is 1.94 bits per heavy atom. The van der Waals surface area contributed by atoms with Gasteiger partial charge < -0.3 is 9.47 Å². The van der Waals surface area contributed by atoms with Gasteiger partial charge in [0.05, 0.1) is 12.1 Å². The number of carbonyl (C=O) groups excluding carboxylic acids is 1. The van der Waals surface area contributed by atoms with Crippen molar-refractivity contribution in [3.63, 3.8) is 0 Å². The van der Waals surface area contributed by atoms with Crippen LogP contribution in [0.1, 0.15) is 64.1 Å². The minimum Gasteiger partial charge on any atom is -0.320 e. The summed E-state index contributed by atoms with van der Waals surface area (Å²) in [6, 6.07) is 9.97. The second-order valence-electron chi connectivity index (χ2n) is 9.27. The number of halogens is 3. The predicted molar refractivity (Wildman–Crippen MR) is 118 cm³/mol. The molecule has 1 unspecified atom stereocenters. The quantitative estimate of drug-likeness (QED) is 0.535. The van der Waals surface area contributed by atoms with E-state index in [2.05, 4.69) is 24.0 Å². The first kappa shape index (κ1) is 21.7. The van der Waals surface area contributed by atoms with E-state index in [1.165, 1.54) is 11.0 Å². The molecule has 2 aromatic carbocycles. The van der Waals surface area contributed by atoms with Crippen LogP contribution < -0.4 is 4.90 Å². The zero-order chi connectivity index (χ0) is 23.5. The highest BCUT2D eigenvalue weighted by Gasteiger charge is 2.41. The molecule has 2 heterocycles. The maximum Gasteiger partial charge on any atom is 0.416 e. The summed E-state index contributed by atoms with van der Waals surface area (Å²) < 4.78 is 42.8. The monoisotopic (exact) mass is 453 g/mol. The third kappa shape index (κ3) is 3.71. The summed E-state index contributed by atoms with van der Waals surface area (Å²) in [5, 5.41) is 8.39. The van der Waals surface area contributed by atoms with Crippen molar-refractivity contribution in [3.05, 3.63) is 83.3 Å². The number of aromatic nitrogens is 3. The highest BCUT2D eigenvalue weighted by molar-refractivity contribution is 6.10. The van der Waals surface area contributed by atoms with E-state index in [1.54, 1.807) is 12.4 Å². The van der Waals surface area contributed by atoms with Gasteiger partial charge in [-0.25, -0.2) is 0 Å². The Morgan fingerprint density at radius 1 is 1.18 bits per heavy atom. The summed E-state index contributed by atoms with van der Waals surface area (Å²) >= 11 is 0. The number of benzene rings is 2. The highest BCUT2D eigenvalue weighted by Crippen LogP contribution is 2.46. The zero-order valence-corrected chi connectivity index (χ0v) is 18.4. The van der Waals surface area contributed by atoms with Crippen LogP contribution in [-0.2, 0) is 19.8 Å². The number of hydrogen-bond acceptors (Lipinski definition) is 3. The van der Waals surface area contributed by atoms with E-state index in [9.17, 15) is 18.0 Å². The van der Waals surface area contributed by atoms with Crippen molar-refractivity contribution in [2.75, 3.05) is 4.90 Å². The Morgan fingerprint density at radius 3 is 2.58 bits per heavy atom. The summed E-state index contributed by atoms with van der Waals surface area (Å²) in [5.41, 5.74) is 1.01. The van der Waals surface area contributed by atoms with Crippen molar-refractivity contribution < 1.29 is 18.0 Å². The third-order valence-corrected chi connectivity index (χ3v) is 6.85. The third-order valence-electron chi connectivity index (χ3n) is 6.85. The van der Waals surface area contributed by atoms with Gasteiger partial charge in [-0.1, -0.05) is 19.1 Å². The number of nitrogens with zero attached hydrogens (tertiary/aromatic N) is 4. The second kappa shape index (κ2) is 7.71. The van der Waals surface area contributed by atoms with Gasteiger partial charge in [-0.2, -0.15) is 13.2 Å². The molecule has 3 aromatic rings. The number of alkyl halides is 3. The molecular formula is C25H24F3N4O. The Kier molecular flexibility index (Phi) is 5.06. The first-order chi connectivity index (χ1) is 15.6. The number of rotatable bonds is 4. The lowest BCUT2D eigenvalue weighted by atomic mass is 9.67. The second-order valence-corrected chi connectivity index (χ2v) is 9.27. The molecule has 33 heavy (non-hydrogen) atoms. The Hall–Kier alpha value is -3.16. The van der Waals surface area contributed by atoms with Crippen LogP contribution in [0.25, 0.3) is 0 Å². The molecule has 8 heteroatoms. The lowest BCUT2D eigenvalue weighted by molar-refractivity contribution is -0.138. The largest absolute Gasteiger partial charge is 0.416 e. The SMILES string of the molecule is [CH2]c1cc2c(c(C(F)(F)F)c1)CN(c1cccc(C(c3nncn3C)C3CC(C)C3)c1)C2=O. The highest BCUT2D eigenvalue weighted by atomic mass is 19.4. The number of aryl methyl sites for hydroxylation is 1. The average Bonchev–Trinajstić information content (AvgIpc) is 3.30. The molecule has 5 rings (SSSR count). The molecule has 0 bridgehead atoms. The molecule has 0 spiro atoms. The van der Waals surface area contributed by atoms with Crippen molar-refractivity contribution >= 4 is 11.6 Å². The van der Waals surface area contributed by atoms with E-state index in [4.69, 9.17) is 0 Å². The smallest absolute Gasteiger partial charge is 0.320 e. The first-order valence-electron chi connectivity index (χ1n) is 10.9. The van der Waals surface area contributed by atoms with Crippen LogP contribution >= 0.6 is 0 Å². The average molecular weight is 453 g/mol. The molecule has 1 fully saturated rings. The van der Waals surface area contributed by atoms with Crippen LogP contribution in [0.4, 0.5) is 18.9 Å². The summed E-state index contributed by atoms with van der Waals surface area (Å²) in [5.74, 6) is 1.45. The van der Waals surface area contributed by atoms with Gasteiger partial charge in [0.15, 0.2) is 0 Å². The van der Waals surface area contributed by atoms with Crippen molar-refractivity contribution in [1.82, 2.24) is 14.8 Å². The van der Waals surface area contributed by atoms with Gasteiger partial charge in [0.25, 0.3) is 5.91 Å². The van der Waals surface area contributed by atoms with Crippen molar-refractivity contribution in [3.8, 4) is 0 Å². The first-order valence-corrected chi connectivity index (χ1v) is 10.9. The molecule has 1 aliphatic heterocycles. The minimum absolute atomic E-state index is 0.00275. The van der Waals surface area contributed by atoms with Crippen molar-refractivity contribution in [2.45, 2.75) is 38.4 Å². The lowest BCUT2D eigenvalue weighted by Crippen LogP contribution is -2.30. The number of fused-ring (bicyclic) bond motifs is 1. The Bertz CT molecular complexity index is 1230. The predicted octanol–water partition coefficient (Wildman–Crippen LogP) is 5.35. The van der Waals surface area contributed by atoms with Crippen LogP contribution in [0.3, 0.4) is 0 Å². The van der Waals surface area contributed by atoms with Gasteiger partial charge in [0.1, 0.15) is 12.2 Å². The standard InChI is InChI=1S/C25H24F3N4O/c1-14-7-17(8-14)22(23-30-29-13-31(23)3)16-5-4-6-18(11-16)32-12-20-19(24(32)33)9-15(2)10-21(20)25(26,27)28/h4-6,9-11,13-14,17,22H,2,7-8,12H2,1,3H3. The van der Waals surface area contributed by atoms with Gasteiger partial charge >= 0.3 is 6.18 Å². The summed E-state index contributed by atoms with van der Waals surface area (Å²) in [6.45, 7) is 5.73. The normalized spacial score (nSPS) is 21.2. The summed E-state index contributed by atoms with van der Waals surface area (Å²) in [6.07, 6.45) is -0.745. The molecule has 1 radical (unpaired) electrons. The fraction of sp³-hybridized carbons (Fsp3) is 0.360. The molecular weight excluding hydrogens is 429 g/mol. The van der Waals surface area contributed by atoms with Crippen LogP contribution in [-0.4, -0.2) is 20.7 Å². The summed E-state index contributed by atoms with van der Waals surface area (Å²) in [7, 11) is 1.91. The Labute approximate surface area is 190 Å². The van der Waals surface area contributed by atoms with Gasteiger partial charge in [-0.3, -0.25) is 4.79 Å². The van der Waals surface area contributed by atoms with Crippen LogP contribution in [0, 0.1) is 18.8 Å². The molecule has 1 amide bonds. The van der Waals surface area contributed by atoms with Crippen molar-refractivity contribution in [2.24, 2.45) is 18.9 Å². The van der Waals surface area contributed by atoms with Crippen LogP contribution in [0.2, 0.25) is 0 Å². The van der Waals surface area contributed by atoms with Gasteiger partial charge in [0.2, 0.25) is 0 Å². The van der Waals surface area contributed by atoms with E-state index in [0.29, 0.717) is 17.5 Å². The van der Waals surface area contributed by atoms with Crippen LogP contribution in [0.5, 0.6) is 0 Å². The molecule has 1 aromatic heterocycles. The van der Waals surface area contributed by atoms with Crippen molar-refractivity contribution in [1.29, 1.82) is 0 Å². The molecule has 0 saturated heterocycles. The molecule has 171 valence electrons. The van der Waals surface area contributed by atoms with E-state index < -0.39 is 17.6 Å². The minimum atomic E-state index is -4.55. The van der Waals surface area contributed by atoms with E-state index >= 15 is 0 Å². The number of amides is 1. The number of carbonyl (C=O) groups is 1. The molecule has 1 saturated carbocycles. The molecule has 1 aliphatic carbocycles. The van der Waals surface area contributed by atoms with Gasteiger partial charge in [-0.05, 0) is 72.6 Å². The van der Waals surface area contributed by atoms with Gasteiger partial charge in [-0.15, -0.1) is 10.2 Å². The Balaban J connectivity index is 1.53. The van der Waals surface area contributed by atoms with E-state index in [1.807, 2.05) is 29.8 Å². The number of anilines is 1. The maximum absolute atomic E-state index is 13.6. The molecule has 5 nitrogen and oxygen atoms in total. The summed E-state index contributed by atoms with van der Waals surface area (Å²) in [4.78, 5) is 14.6. The molecule has 0 N–H and O–H groups in total. The van der Waals surface area contributed by atoms with E-state index in [0.717, 1.165) is 30.3 Å². The zero-order valence-electron chi connectivity index (χ0n) is 18.4. The van der Waals surface area contributed by atoms with Gasteiger partial charge in [0, 0.05) is 24.2 Å². The maximum atomic E-state index is 13.6. The molecule has 1 atom stereocenters. The topological polar surface area (TPSA) is 51.0 Å². The fourth-order valence-corrected chi connectivity index (χ4v) is 5.26.